The number of amides is 2. The molecule has 0 atom stereocenters. The van der Waals surface area contributed by atoms with E-state index < -0.39 is 0 Å². The second kappa shape index (κ2) is 8.20. The summed E-state index contributed by atoms with van der Waals surface area (Å²) in [5, 5.41) is 0.387. The zero-order valence-corrected chi connectivity index (χ0v) is 14.4. The Hall–Kier alpha value is -1.75. The number of hydrogen-bond donors (Lipinski definition) is 0. The van der Waals surface area contributed by atoms with Crippen LogP contribution in [0.3, 0.4) is 0 Å². The third-order valence-electron chi connectivity index (χ3n) is 4.01. The van der Waals surface area contributed by atoms with Gasteiger partial charge in [0.1, 0.15) is 5.75 Å². The second-order valence-electron chi connectivity index (χ2n) is 5.62. The standard InChI is InChI=1S/C17H23ClN2O3/c1-3-5-16(21)19-8-4-9-20(11-10-19)17(22)14-7-6-13(23-2)12-15(14)18/h6-7,12H,3-5,8-11H2,1-2H3. The summed E-state index contributed by atoms with van der Waals surface area (Å²) in [6.45, 7) is 4.46. The van der Waals surface area contributed by atoms with Gasteiger partial charge in [-0.15, -0.1) is 0 Å². The van der Waals surface area contributed by atoms with E-state index in [4.69, 9.17) is 16.3 Å². The van der Waals surface area contributed by atoms with Gasteiger partial charge in [-0.05, 0) is 31.0 Å². The van der Waals surface area contributed by atoms with Crippen LogP contribution < -0.4 is 4.74 Å². The van der Waals surface area contributed by atoms with E-state index in [9.17, 15) is 9.59 Å². The average Bonchev–Trinajstić information content (AvgIpc) is 2.80. The lowest BCUT2D eigenvalue weighted by atomic mass is 10.2. The van der Waals surface area contributed by atoms with Crippen LogP contribution in [0.25, 0.3) is 0 Å². The van der Waals surface area contributed by atoms with Crippen LogP contribution in [0.4, 0.5) is 0 Å². The molecule has 126 valence electrons. The van der Waals surface area contributed by atoms with Gasteiger partial charge in [0.15, 0.2) is 0 Å². The van der Waals surface area contributed by atoms with Crippen LogP contribution in [-0.2, 0) is 4.79 Å². The minimum Gasteiger partial charge on any atom is -0.497 e. The minimum absolute atomic E-state index is 0.0950. The molecular weight excluding hydrogens is 316 g/mol. The maximum Gasteiger partial charge on any atom is 0.255 e. The number of halogens is 1. The van der Waals surface area contributed by atoms with Crippen LogP contribution in [0, 0.1) is 0 Å². The number of hydrogen-bond acceptors (Lipinski definition) is 3. The summed E-state index contributed by atoms with van der Waals surface area (Å²) in [7, 11) is 1.56. The molecule has 23 heavy (non-hydrogen) atoms. The van der Waals surface area contributed by atoms with E-state index in [1.165, 1.54) is 0 Å². The van der Waals surface area contributed by atoms with Crippen LogP contribution in [-0.4, -0.2) is 54.9 Å². The van der Waals surface area contributed by atoms with E-state index >= 15 is 0 Å². The van der Waals surface area contributed by atoms with Crippen LogP contribution in [0.15, 0.2) is 18.2 Å². The molecule has 2 rings (SSSR count). The van der Waals surface area contributed by atoms with E-state index in [1.807, 2.05) is 11.8 Å². The van der Waals surface area contributed by atoms with Crippen LogP contribution in [0.5, 0.6) is 5.75 Å². The fourth-order valence-corrected chi connectivity index (χ4v) is 2.96. The molecule has 6 heteroatoms. The fraction of sp³-hybridized carbons (Fsp3) is 0.529. The fourth-order valence-electron chi connectivity index (χ4n) is 2.71. The van der Waals surface area contributed by atoms with Crippen molar-refractivity contribution in [2.24, 2.45) is 0 Å². The SMILES string of the molecule is CCCC(=O)N1CCCN(C(=O)c2ccc(OC)cc2Cl)CC1. The van der Waals surface area contributed by atoms with Gasteiger partial charge in [0.05, 0.1) is 17.7 Å². The Morgan fingerprint density at radius 1 is 1.17 bits per heavy atom. The van der Waals surface area contributed by atoms with Crippen LogP contribution >= 0.6 is 11.6 Å². The van der Waals surface area contributed by atoms with E-state index in [-0.39, 0.29) is 11.8 Å². The van der Waals surface area contributed by atoms with Crippen molar-refractivity contribution < 1.29 is 14.3 Å². The quantitative estimate of drug-likeness (QED) is 0.848. The Kier molecular flexibility index (Phi) is 6.28. The lowest BCUT2D eigenvalue weighted by Crippen LogP contribution is -2.37. The highest BCUT2D eigenvalue weighted by atomic mass is 35.5. The molecular formula is C17H23ClN2O3. The number of carbonyl (C=O) groups excluding carboxylic acids is 2. The van der Waals surface area contributed by atoms with Crippen molar-refractivity contribution in [2.45, 2.75) is 26.2 Å². The normalized spacial score (nSPS) is 15.3. The Morgan fingerprint density at radius 3 is 2.52 bits per heavy atom. The molecule has 0 unspecified atom stereocenters. The Bertz CT molecular complexity index is 577. The number of nitrogens with zero attached hydrogens (tertiary/aromatic N) is 2. The summed E-state index contributed by atoms with van der Waals surface area (Å²) in [5.74, 6) is 0.700. The largest absolute Gasteiger partial charge is 0.497 e. The van der Waals surface area contributed by atoms with Crippen molar-refractivity contribution in [3.63, 3.8) is 0 Å². The zero-order valence-electron chi connectivity index (χ0n) is 13.7. The molecule has 0 spiro atoms. The van der Waals surface area contributed by atoms with Crippen molar-refractivity contribution in [3.8, 4) is 5.75 Å². The van der Waals surface area contributed by atoms with E-state index in [2.05, 4.69) is 0 Å². The van der Waals surface area contributed by atoms with Gasteiger partial charge in [-0.25, -0.2) is 0 Å². The maximum atomic E-state index is 12.7. The number of carbonyl (C=O) groups is 2. The highest BCUT2D eigenvalue weighted by molar-refractivity contribution is 6.34. The van der Waals surface area contributed by atoms with E-state index in [0.29, 0.717) is 48.9 Å². The molecule has 5 nitrogen and oxygen atoms in total. The predicted molar refractivity (Wildman–Crippen MR) is 90.0 cm³/mol. The van der Waals surface area contributed by atoms with Gasteiger partial charge in [-0.3, -0.25) is 9.59 Å². The average molecular weight is 339 g/mol. The van der Waals surface area contributed by atoms with Gasteiger partial charge in [-0.1, -0.05) is 18.5 Å². The molecule has 0 aromatic heterocycles. The first-order chi connectivity index (χ1) is 11.1. The number of benzene rings is 1. The first-order valence-electron chi connectivity index (χ1n) is 7.97. The van der Waals surface area contributed by atoms with Gasteiger partial charge in [0.25, 0.3) is 5.91 Å². The topological polar surface area (TPSA) is 49.9 Å². The molecule has 0 N–H and O–H groups in total. The van der Waals surface area contributed by atoms with Crippen molar-refractivity contribution in [1.29, 1.82) is 0 Å². The van der Waals surface area contributed by atoms with Gasteiger partial charge < -0.3 is 14.5 Å². The molecule has 1 aromatic rings. The number of methoxy groups -OCH3 is 1. The monoisotopic (exact) mass is 338 g/mol. The van der Waals surface area contributed by atoms with Crippen LogP contribution in [0.2, 0.25) is 5.02 Å². The van der Waals surface area contributed by atoms with Crippen molar-refractivity contribution in [1.82, 2.24) is 9.80 Å². The van der Waals surface area contributed by atoms with Crippen molar-refractivity contribution >= 4 is 23.4 Å². The molecule has 0 aliphatic carbocycles. The van der Waals surface area contributed by atoms with E-state index in [1.54, 1.807) is 30.2 Å². The van der Waals surface area contributed by atoms with Crippen LogP contribution in [0.1, 0.15) is 36.5 Å². The summed E-state index contributed by atoms with van der Waals surface area (Å²) in [4.78, 5) is 28.3. The molecule has 1 aromatic carbocycles. The lowest BCUT2D eigenvalue weighted by Gasteiger charge is -2.22. The summed E-state index contributed by atoms with van der Waals surface area (Å²) < 4.78 is 5.11. The lowest BCUT2D eigenvalue weighted by molar-refractivity contribution is -0.131. The third kappa shape index (κ3) is 4.38. The van der Waals surface area contributed by atoms with Gasteiger partial charge >= 0.3 is 0 Å². The maximum absolute atomic E-state index is 12.7. The molecule has 0 radical (unpaired) electrons. The minimum atomic E-state index is -0.0950. The summed E-state index contributed by atoms with van der Waals surface area (Å²) in [6.07, 6.45) is 2.20. The molecule has 1 heterocycles. The predicted octanol–water partition coefficient (Wildman–Crippen LogP) is 2.82. The van der Waals surface area contributed by atoms with Gasteiger partial charge in [-0.2, -0.15) is 0 Å². The molecule has 0 bridgehead atoms. The Labute approximate surface area is 142 Å². The molecule has 0 saturated carbocycles. The molecule has 2 amide bonds. The zero-order chi connectivity index (χ0) is 16.8. The molecule has 1 aliphatic rings. The first kappa shape index (κ1) is 17.6. The molecule has 1 aliphatic heterocycles. The second-order valence-corrected chi connectivity index (χ2v) is 6.03. The third-order valence-corrected chi connectivity index (χ3v) is 4.32. The molecule has 1 saturated heterocycles. The highest BCUT2D eigenvalue weighted by Crippen LogP contribution is 2.24. The first-order valence-corrected chi connectivity index (χ1v) is 8.35. The van der Waals surface area contributed by atoms with Gasteiger partial charge in [0.2, 0.25) is 5.91 Å². The smallest absolute Gasteiger partial charge is 0.255 e. The highest BCUT2D eigenvalue weighted by Gasteiger charge is 2.23. The van der Waals surface area contributed by atoms with Crippen molar-refractivity contribution in [2.75, 3.05) is 33.3 Å². The number of rotatable bonds is 4. The summed E-state index contributed by atoms with van der Waals surface area (Å²) in [6, 6.07) is 5.06. The Morgan fingerprint density at radius 2 is 1.87 bits per heavy atom. The molecule has 1 fully saturated rings. The van der Waals surface area contributed by atoms with Crippen molar-refractivity contribution in [3.05, 3.63) is 28.8 Å². The summed E-state index contributed by atoms with van der Waals surface area (Å²) >= 11 is 6.19. The van der Waals surface area contributed by atoms with Gasteiger partial charge in [0, 0.05) is 32.6 Å². The number of ether oxygens (including phenoxy) is 1. The summed E-state index contributed by atoms with van der Waals surface area (Å²) in [5.41, 5.74) is 0.473. The van der Waals surface area contributed by atoms with E-state index in [0.717, 1.165) is 12.8 Å². The Balaban J connectivity index is 2.04.